The van der Waals surface area contributed by atoms with Crippen LogP contribution in [0.4, 0.5) is 0 Å². The van der Waals surface area contributed by atoms with Crippen molar-refractivity contribution in [3.8, 4) is 5.88 Å². The summed E-state index contributed by atoms with van der Waals surface area (Å²) < 4.78 is 6.05. The zero-order valence-corrected chi connectivity index (χ0v) is 12.7. The highest BCUT2D eigenvalue weighted by Gasteiger charge is 2.04. The molecule has 0 aliphatic carbocycles. The Labute approximate surface area is 126 Å². The Kier molecular flexibility index (Phi) is 5.12. The minimum Gasteiger partial charge on any atom is -0.481 e. The standard InChI is InChI=1S/C15H15BrN2O2/c1-20-15-9-12(6-7-17-15)10-18-14(19)8-11-2-4-13(16)5-3-11/h2-7,9H,8,10H2,1H3,(H,18,19). The van der Waals surface area contributed by atoms with E-state index >= 15 is 0 Å². The largest absolute Gasteiger partial charge is 0.481 e. The van der Waals surface area contributed by atoms with Gasteiger partial charge in [0.15, 0.2) is 0 Å². The van der Waals surface area contributed by atoms with Gasteiger partial charge in [-0.05, 0) is 29.3 Å². The molecule has 4 nitrogen and oxygen atoms in total. The lowest BCUT2D eigenvalue weighted by atomic mass is 10.1. The monoisotopic (exact) mass is 334 g/mol. The summed E-state index contributed by atoms with van der Waals surface area (Å²) in [5.74, 6) is 0.535. The SMILES string of the molecule is COc1cc(CNC(=O)Cc2ccc(Br)cc2)ccn1. The number of rotatable bonds is 5. The molecule has 0 spiro atoms. The highest BCUT2D eigenvalue weighted by molar-refractivity contribution is 9.10. The molecule has 2 rings (SSSR count). The second kappa shape index (κ2) is 7.05. The summed E-state index contributed by atoms with van der Waals surface area (Å²) in [4.78, 5) is 15.9. The molecule has 1 aromatic heterocycles. The van der Waals surface area contributed by atoms with Crippen molar-refractivity contribution in [3.05, 3.63) is 58.2 Å². The van der Waals surface area contributed by atoms with Gasteiger partial charge in [0.25, 0.3) is 0 Å². The van der Waals surface area contributed by atoms with E-state index in [1.807, 2.05) is 30.3 Å². The van der Waals surface area contributed by atoms with Gasteiger partial charge in [0.1, 0.15) is 0 Å². The maximum Gasteiger partial charge on any atom is 0.224 e. The fourth-order valence-corrected chi connectivity index (χ4v) is 1.99. The number of pyridine rings is 1. The maximum atomic E-state index is 11.9. The van der Waals surface area contributed by atoms with Gasteiger partial charge in [0, 0.05) is 23.3 Å². The van der Waals surface area contributed by atoms with Crippen molar-refractivity contribution >= 4 is 21.8 Å². The first-order chi connectivity index (χ1) is 9.67. The van der Waals surface area contributed by atoms with Gasteiger partial charge in [-0.25, -0.2) is 4.98 Å². The first-order valence-electron chi connectivity index (χ1n) is 6.17. The van der Waals surface area contributed by atoms with Gasteiger partial charge in [-0.3, -0.25) is 4.79 Å². The zero-order chi connectivity index (χ0) is 14.4. The summed E-state index contributed by atoms with van der Waals surface area (Å²) in [6, 6.07) is 11.4. The molecule has 0 saturated carbocycles. The second-order valence-electron chi connectivity index (χ2n) is 4.29. The maximum absolute atomic E-state index is 11.9. The first-order valence-corrected chi connectivity index (χ1v) is 6.97. The van der Waals surface area contributed by atoms with Crippen LogP contribution in [0.1, 0.15) is 11.1 Å². The van der Waals surface area contributed by atoms with Crippen LogP contribution in [-0.4, -0.2) is 18.0 Å². The van der Waals surface area contributed by atoms with Crippen molar-refractivity contribution in [1.29, 1.82) is 0 Å². The molecule has 0 radical (unpaired) electrons. The molecule has 0 fully saturated rings. The Morgan fingerprint density at radius 1 is 1.25 bits per heavy atom. The van der Waals surface area contributed by atoms with E-state index in [1.54, 1.807) is 19.4 Å². The molecule has 5 heteroatoms. The summed E-state index contributed by atoms with van der Waals surface area (Å²) in [7, 11) is 1.57. The number of halogens is 1. The van der Waals surface area contributed by atoms with E-state index in [0.717, 1.165) is 15.6 Å². The molecule has 1 N–H and O–H groups in total. The molecule has 0 bridgehead atoms. The smallest absolute Gasteiger partial charge is 0.224 e. The number of nitrogens with one attached hydrogen (secondary N) is 1. The van der Waals surface area contributed by atoms with Crippen molar-refractivity contribution < 1.29 is 9.53 Å². The van der Waals surface area contributed by atoms with Crippen LogP contribution in [0.15, 0.2) is 47.1 Å². The second-order valence-corrected chi connectivity index (χ2v) is 5.20. The number of carbonyl (C=O) groups is 1. The van der Waals surface area contributed by atoms with E-state index in [4.69, 9.17) is 4.74 Å². The van der Waals surface area contributed by atoms with Crippen molar-refractivity contribution in [1.82, 2.24) is 10.3 Å². The predicted octanol–water partition coefficient (Wildman–Crippen LogP) is 2.71. The Balaban J connectivity index is 1.87. The van der Waals surface area contributed by atoms with Gasteiger partial charge in [0.05, 0.1) is 13.5 Å². The van der Waals surface area contributed by atoms with Crippen LogP contribution in [0.3, 0.4) is 0 Å². The van der Waals surface area contributed by atoms with Crippen LogP contribution in [0.25, 0.3) is 0 Å². The third-order valence-corrected chi connectivity index (χ3v) is 3.30. The van der Waals surface area contributed by atoms with Crippen molar-refractivity contribution in [2.75, 3.05) is 7.11 Å². The molecular weight excluding hydrogens is 320 g/mol. The normalized spacial score (nSPS) is 10.1. The number of hydrogen-bond acceptors (Lipinski definition) is 3. The summed E-state index contributed by atoms with van der Waals surface area (Å²) in [6.45, 7) is 0.467. The molecule has 2 aromatic rings. The summed E-state index contributed by atoms with van der Waals surface area (Å²) in [6.07, 6.45) is 2.03. The van der Waals surface area contributed by atoms with Gasteiger partial charge in [0.2, 0.25) is 11.8 Å². The van der Waals surface area contributed by atoms with Crippen molar-refractivity contribution in [2.45, 2.75) is 13.0 Å². The molecule has 1 heterocycles. The lowest BCUT2D eigenvalue weighted by molar-refractivity contribution is -0.120. The zero-order valence-electron chi connectivity index (χ0n) is 11.1. The van der Waals surface area contributed by atoms with Gasteiger partial charge in [-0.2, -0.15) is 0 Å². The van der Waals surface area contributed by atoms with Gasteiger partial charge < -0.3 is 10.1 Å². The number of aromatic nitrogens is 1. The molecule has 0 unspecified atom stereocenters. The molecule has 0 atom stereocenters. The molecule has 1 amide bonds. The number of methoxy groups -OCH3 is 1. The molecular formula is C15H15BrN2O2. The number of carbonyl (C=O) groups excluding carboxylic acids is 1. The van der Waals surface area contributed by atoms with E-state index < -0.39 is 0 Å². The topological polar surface area (TPSA) is 51.2 Å². The lowest BCUT2D eigenvalue weighted by Gasteiger charge is -2.06. The number of benzene rings is 1. The third-order valence-electron chi connectivity index (χ3n) is 2.78. The van der Waals surface area contributed by atoms with Crippen LogP contribution >= 0.6 is 15.9 Å². The Morgan fingerprint density at radius 2 is 2.00 bits per heavy atom. The van der Waals surface area contributed by atoms with E-state index in [2.05, 4.69) is 26.2 Å². The van der Waals surface area contributed by atoms with Crippen LogP contribution in [0, 0.1) is 0 Å². The Hall–Kier alpha value is -1.88. The molecule has 20 heavy (non-hydrogen) atoms. The minimum atomic E-state index is -0.0110. The summed E-state index contributed by atoms with van der Waals surface area (Å²) in [5.41, 5.74) is 1.94. The Morgan fingerprint density at radius 3 is 2.70 bits per heavy atom. The molecule has 0 saturated heterocycles. The number of amides is 1. The molecule has 0 aliphatic heterocycles. The van der Waals surface area contributed by atoms with Gasteiger partial charge in [-0.1, -0.05) is 28.1 Å². The van der Waals surface area contributed by atoms with E-state index in [9.17, 15) is 4.79 Å². The van der Waals surface area contributed by atoms with Crippen molar-refractivity contribution in [3.63, 3.8) is 0 Å². The summed E-state index contributed by atoms with van der Waals surface area (Å²) >= 11 is 3.37. The number of hydrogen-bond donors (Lipinski definition) is 1. The Bertz CT molecular complexity index is 585. The minimum absolute atomic E-state index is 0.0110. The number of ether oxygens (including phenoxy) is 1. The molecule has 1 aromatic carbocycles. The van der Waals surface area contributed by atoms with Crippen LogP contribution in [0.2, 0.25) is 0 Å². The van der Waals surface area contributed by atoms with Crippen LogP contribution in [-0.2, 0) is 17.8 Å². The first kappa shape index (κ1) is 14.5. The van der Waals surface area contributed by atoms with Crippen LogP contribution in [0.5, 0.6) is 5.88 Å². The predicted molar refractivity (Wildman–Crippen MR) is 80.5 cm³/mol. The highest BCUT2D eigenvalue weighted by Crippen LogP contribution is 2.11. The highest BCUT2D eigenvalue weighted by atomic mass is 79.9. The fraction of sp³-hybridized carbons (Fsp3) is 0.200. The molecule has 0 aliphatic rings. The van der Waals surface area contributed by atoms with Gasteiger partial charge >= 0.3 is 0 Å². The average molecular weight is 335 g/mol. The fourth-order valence-electron chi connectivity index (χ4n) is 1.72. The third kappa shape index (κ3) is 4.35. The number of nitrogens with zero attached hydrogens (tertiary/aromatic N) is 1. The molecule has 104 valence electrons. The van der Waals surface area contributed by atoms with Crippen molar-refractivity contribution in [2.24, 2.45) is 0 Å². The average Bonchev–Trinajstić information content (AvgIpc) is 2.48. The van der Waals surface area contributed by atoms with E-state index in [0.29, 0.717) is 18.8 Å². The van der Waals surface area contributed by atoms with E-state index in [-0.39, 0.29) is 5.91 Å². The van der Waals surface area contributed by atoms with E-state index in [1.165, 1.54) is 0 Å². The van der Waals surface area contributed by atoms with Gasteiger partial charge in [-0.15, -0.1) is 0 Å². The lowest BCUT2D eigenvalue weighted by Crippen LogP contribution is -2.24. The van der Waals surface area contributed by atoms with Crippen LogP contribution < -0.4 is 10.1 Å². The quantitative estimate of drug-likeness (QED) is 0.914. The summed E-state index contributed by atoms with van der Waals surface area (Å²) in [5, 5.41) is 2.88.